The number of thiophene rings is 1. The van der Waals surface area contributed by atoms with E-state index in [1.54, 1.807) is 11.3 Å². The molecule has 9 rings (SSSR count). The Morgan fingerprint density at radius 3 is 1.83 bits per heavy atom. The molecule has 0 saturated heterocycles. The van der Waals surface area contributed by atoms with Crippen LogP contribution in [0.5, 0.6) is 0 Å². The van der Waals surface area contributed by atoms with Crippen LogP contribution >= 0.6 is 11.3 Å². The molecule has 6 heteroatoms. The van der Waals surface area contributed by atoms with E-state index in [0.717, 1.165) is 54.7 Å². The zero-order valence-electron chi connectivity index (χ0n) is 25.1. The zero-order chi connectivity index (χ0) is 31.2. The first-order valence-electron chi connectivity index (χ1n) is 15.4. The molecule has 0 unspecified atom stereocenters. The van der Waals surface area contributed by atoms with Gasteiger partial charge in [-0.2, -0.15) is 0 Å². The fourth-order valence-corrected chi connectivity index (χ4v) is 7.26. The average Bonchev–Trinajstić information content (AvgIpc) is 3.54. The molecular formula is C41H25N5S. The third kappa shape index (κ3) is 5.01. The second kappa shape index (κ2) is 11.4. The molecule has 0 aliphatic carbocycles. The van der Waals surface area contributed by atoms with E-state index in [2.05, 4.69) is 78.9 Å². The standard InChI is InChI=1S/C41H25N5S/c1-3-10-26(11-4-1)39-44-40(27-12-5-2-6-13-27)46-41(45-39)30-15-9-14-28(22-30)29-18-19-31-25-43-35(24-32(31)23-29)37-38-34(20-21-42-37)33-16-7-8-17-36(33)47-38/h1-25H. The molecule has 5 nitrogen and oxygen atoms in total. The van der Waals surface area contributed by atoms with Gasteiger partial charge in [-0.3, -0.25) is 9.97 Å². The van der Waals surface area contributed by atoms with Crippen molar-refractivity contribution in [3.63, 3.8) is 0 Å². The first-order valence-corrected chi connectivity index (χ1v) is 16.2. The summed E-state index contributed by atoms with van der Waals surface area (Å²) in [4.78, 5) is 24.3. The van der Waals surface area contributed by atoms with Gasteiger partial charge in [0.1, 0.15) is 5.69 Å². The molecular weight excluding hydrogens is 595 g/mol. The minimum Gasteiger partial charge on any atom is -0.254 e. The van der Waals surface area contributed by atoms with Crippen LogP contribution in [0.1, 0.15) is 0 Å². The van der Waals surface area contributed by atoms with Gasteiger partial charge < -0.3 is 0 Å². The third-order valence-electron chi connectivity index (χ3n) is 8.41. The van der Waals surface area contributed by atoms with Crippen LogP contribution in [0.4, 0.5) is 0 Å². The predicted molar refractivity (Wildman–Crippen MR) is 193 cm³/mol. The van der Waals surface area contributed by atoms with Gasteiger partial charge in [0, 0.05) is 49.9 Å². The molecule has 0 fully saturated rings. The van der Waals surface area contributed by atoms with Gasteiger partial charge >= 0.3 is 0 Å². The number of pyridine rings is 2. The topological polar surface area (TPSA) is 64.5 Å². The van der Waals surface area contributed by atoms with Crippen LogP contribution in [0.15, 0.2) is 152 Å². The minimum atomic E-state index is 0.634. The monoisotopic (exact) mass is 619 g/mol. The summed E-state index contributed by atoms with van der Waals surface area (Å²) in [7, 11) is 0. The lowest BCUT2D eigenvalue weighted by Crippen LogP contribution is -2.00. The third-order valence-corrected chi connectivity index (χ3v) is 9.60. The van der Waals surface area contributed by atoms with E-state index in [9.17, 15) is 0 Å². The Morgan fingerprint density at radius 2 is 1.06 bits per heavy atom. The minimum absolute atomic E-state index is 0.634. The smallest absolute Gasteiger partial charge is 0.164 e. The number of nitrogens with zero attached hydrogens (tertiary/aromatic N) is 5. The number of rotatable bonds is 5. The highest BCUT2D eigenvalue weighted by Gasteiger charge is 2.15. The van der Waals surface area contributed by atoms with Gasteiger partial charge in [0.2, 0.25) is 0 Å². The summed E-state index contributed by atoms with van der Waals surface area (Å²) in [5.41, 5.74) is 6.79. The van der Waals surface area contributed by atoms with Crippen molar-refractivity contribution in [1.82, 2.24) is 24.9 Å². The Morgan fingerprint density at radius 1 is 0.426 bits per heavy atom. The maximum absolute atomic E-state index is 4.93. The first kappa shape index (κ1) is 27.2. The fraction of sp³-hybridized carbons (Fsp3) is 0. The fourth-order valence-electron chi connectivity index (χ4n) is 6.06. The van der Waals surface area contributed by atoms with E-state index in [4.69, 9.17) is 24.9 Å². The molecule has 0 amide bonds. The Hall–Kier alpha value is -6.11. The van der Waals surface area contributed by atoms with Gasteiger partial charge in [0.05, 0.1) is 10.4 Å². The Labute approximate surface area is 275 Å². The van der Waals surface area contributed by atoms with Crippen molar-refractivity contribution in [2.75, 3.05) is 0 Å². The van der Waals surface area contributed by atoms with Gasteiger partial charge in [-0.05, 0) is 46.8 Å². The van der Waals surface area contributed by atoms with E-state index in [-0.39, 0.29) is 0 Å². The summed E-state index contributed by atoms with van der Waals surface area (Å²) >= 11 is 1.77. The Balaban J connectivity index is 1.13. The van der Waals surface area contributed by atoms with Crippen LogP contribution < -0.4 is 0 Å². The van der Waals surface area contributed by atoms with Crippen molar-refractivity contribution in [2.24, 2.45) is 0 Å². The van der Waals surface area contributed by atoms with E-state index in [1.807, 2.05) is 73.1 Å². The van der Waals surface area contributed by atoms with Crippen molar-refractivity contribution < 1.29 is 0 Å². The summed E-state index contributed by atoms with van der Waals surface area (Å²) in [6, 6.07) is 47.8. The van der Waals surface area contributed by atoms with E-state index >= 15 is 0 Å². The second-order valence-electron chi connectivity index (χ2n) is 11.4. The molecule has 0 spiro atoms. The molecule has 0 N–H and O–H groups in total. The molecule has 0 bridgehead atoms. The number of hydrogen-bond donors (Lipinski definition) is 0. The molecule has 4 aromatic heterocycles. The van der Waals surface area contributed by atoms with Crippen LogP contribution in [0.3, 0.4) is 0 Å². The summed E-state index contributed by atoms with van der Waals surface area (Å²) in [6.45, 7) is 0. The van der Waals surface area contributed by atoms with Gasteiger partial charge in [-0.1, -0.05) is 109 Å². The molecule has 0 radical (unpaired) electrons. The van der Waals surface area contributed by atoms with Gasteiger partial charge in [0.15, 0.2) is 17.5 Å². The van der Waals surface area contributed by atoms with Crippen LogP contribution in [0, 0.1) is 0 Å². The highest BCUT2D eigenvalue weighted by molar-refractivity contribution is 7.26. The highest BCUT2D eigenvalue weighted by atomic mass is 32.1. The average molecular weight is 620 g/mol. The summed E-state index contributed by atoms with van der Waals surface area (Å²) < 4.78 is 2.41. The predicted octanol–water partition coefficient (Wildman–Crippen LogP) is 10.5. The molecule has 47 heavy (non-hydrogen) atoms. The van der Waals surface area contributed by atoms with Crippen molar-refractivity contribution in [3.8, 4) is 56.7 Å². The van der Waals surface area contributed by atoms with Gasteiger partial charge in [-0.25, -0.2) is 15.0 Å². The van der Waals surface area contributed by atoms with E-state index < -0.39 is 0 Å². The van der Waals surface area contributed by atoms with Crippen molar-refractivity contribution in [2.45, 2.75) is 0 Å². The lowest BCUT2D eigenvalue weighted by atomic mass is 9.99. The first-order chi connectivity index (χ1) is 23.3. The second-order valence-corrected chi connectivity index (χ2v) is 12.4. The molecule has 5 aromatic carbocycles. The maximum atomic E-state index is 4.93. The van der Waals surface area contributed by atoms with Crippen molar-refractivity contribution >= 4 is 42.3 Å². The van der Waals surface area contributed by atoms with Crippen LogP contribution in [-0.4, -0.2) is 24.9 Å². The normalized spacial score (nSPS) is 11.4. The van der Waals surface area contributed by atoms with Gasteiger partial charge in [-0.15, -0.1) is 11.3 Å². The molecule has 9 aromatic rings. The Bertz CT molecular complexity index is 2520. The summed E-state index contributed by atoms with van der Waals surface area (Å²) in [5.74, 6) is 1.93. The summed E-state index contributed by atoms with van der Waals surface area (Å²) in [6.07, 6.45) is 3.83. The van der Waals surface area contributed by atoms with Crippen LogP contribution in [0.2, 0.25) is 0 Å². The quantitative estimate of drug-likeness (QED) is 0.192. The van der Waals surface area contributed by atoms with E-state index in [1.165, 1.54) is 15.5 Å². The van der Waals surface area contributed by atoms with Crippen LogP contribution in [0.25, 0.3) is 87.6 Å². The molecule has 0 aliphatic rings. The molecule has 4 heterocycles. The molecule has 220 valence electrons. The largest absolute Gasteiger partial charge is 0.254 e. The van der Waals surface area contributed by atoms with Crippen LogP contribution in [-0.2, 0) is 0 Å². The number of benzene rings is 5. The number of fused-ring (bicyclic) bond motifs is 4. The lowest BCUT2D eigenvalue weighted by molar-refractivity contribution is 1.07. The lowest BCUT2D eigenvalue weighted by Gasteiger charge is -2.10. The molecule has 0 saturated carbocycles. The Kier molecular flexibility index (Phi) is 6.58. The van der Waals surface area contributed by atoms with Crippen molar-refractivity contribution in [3.05, 3.63) is 152 Å². The van der Waals surface area contributed by atoms with Gasteiger partial charge in [0.25, 0.3) is 0 Å². The number of hydrogen-bond acceptors (Lipinski definition) is 6. The van der Waals surface area contributed by atoms with Crippen molar-refractivity contribution in [1.29, 1.82) is 0 Å². The van der Waals surface area contributed by atoms with E-state index in [0.29, 0.717) is 17.5 Å². The molecule has 0 aliphatic heterocycles. The maximum Gasteiger partial charge on any atom is 0.164 e. The SMILES string of the molecule is c1ccc(-c2nc(-c3ccccc3)nc(-c3cccc(-c4ccc5cnc(-c6nccc7c6sc6ccccc67)cc5c4)c3)n2)cc1. The highest BCUT2D eigenvalue weighted by Crippen LogP contribution is 2.39. The molecule has 0 atom stereocenters. The number of aromatic nitrogens is 5. The zero-order valence-corrected chi connectivity index (χ0v) is 25.9. The summed E-state index contributed by atoms with van der Waals surface area (Å²) in [5, 5.41) is 4.65.